The molecule has 4 rings (SSSR count). The fourth-order valence-electron chi connectivity index (χ4n) is 5.71. The first-order valence-electron chi connectivity index (χ1n) is 14.5. The molecule has 0 aliphatic carbocycles. The van der Waals surface area contributed by atoms with Crippen LogP contribution in [-0.4, -0.2) is 70.7 Å². The number of piperidine rings is 1. The summed E-state index contributed by atoms with van der Waals surface area (Å²) in [6.07, 6.45) is 1.51. The van der Waals surface area contributed by atoms with E-state index in [0.717, 1.165) is 30.6 Å². The van der Waals surface area contributed by atoms with Crippen LogP contribution in [0.25, 0.3) is 0 Å². The standard InChI is InChI=1S/C33H39ClN4O5/c1-22(2)43-32(41)25-10-14-27(15-11-25)36-33(42)37(30(31(35)40)19-23-8-16-29(39)17-9-23)28-5-4-18-38(3,21-28)20-24-6-12-26(34)13-7-24/h6-17,22,28,30H,4-5,18-21H2,1-3H3,(H3-,35,36,39,40,41,42)/p+1/t28-,30+,38?/m1/s1. The highest BCUT2D eigenvalue weighted by molar-refractivity contribution is 6.30. The maximum atomic E-state index is 14.0. The SMILES string of the molecule is CC(C)OC(=O)c1ccc(NC(=O)N([C@@H]2CCC[N+](C)(Cc3ccc(Cl)cc3)C2)[C@@H](Cc2ccc(O)cc2)C(N)=O)cc1. The number of hydrogen-bond acceptors (Lipinski definition) is 5. The van der Waals surface area contributed by atoms with Crippen molar-refractivity contribution in [2.45, 2.75) is 57.8 Å². The third kappa shape index (κ3) is 8.72. The van der Waals surface area contributed by atoms with Gasteiger partial charge in [0.05, 0.1) is 37.8 Å². The number of likely N-dealkylation sites (N-methyl/N-ethyl adjacent to an activating group) is 1. The molecule has 1 unspecified atom stereocenters. The summed E-state index contributed by atoms with van der Waals surface area (Å²) in [7, 11) is 2.16. The second kappa shape index (κ2) is 13.9. The second-order valence-corrected chi connectivity index (χ2v) is 12.2. The van der Waals surface area contributed by atoms with Crippen molar-refractivity contribution in [1.82, 2.24) is 4.90 Å². The number of phenols is 1. The minimum Gasteiger partial charge on any atom is -0.508 e. The van der Waals surface area contributed by atoms with Crippen LogP contribution in [0.15, 0.2) is 72.8 Å². The number of hydrogen-bond donors (Lipinski definition) is 3. The summed E-state index contributed by atoms with van der Waals surface area (Å²) in [4.78, 5) is 40.9. The number of carbonyl (C=O) groups excluding carboxylic acids is 3. The van der Waals surface area contributed by atoms with E-state index in [-0.39, 0.29) is 24.3 Å². The van der Waals surface area contributed by atoms with Gasteiger partial charge < -0.3 is 30.3 Å². The first-order chi connectivity index (χ1) is 20.4. The summed E-state index contributed by atoms with van der Waals surface area (Å²) in [5.41, 5.74) is 8.71. The largest absolute Gasteiger partial charge is 0.508 e. The van der Waals surface area contributed by atoms with Gasteiger partial charge >= 0.3 is 12.0 Å². The second-order valence-electron chi connectivity index (χ2n) is 11.8. The Morgan fingerprint density at radius 1 is 1.02 bits per heavy atom. The third-order valence-electron chi connectivity index (χ3n) is 7.74. The zero-order chi connectivity index (χ0) is 31.1. The molecule has 0 saturated carbocycles. The average Bonchev–Trinajstić information content (AvgIpc) is 2.95. The number of amides is 3. The number of aromatic hydroxyl groups is 1. The molecule has 9 nitrogen and oxygen atoms in total. The van der Waals surface area contributed by atoms with Crippen LogP contribution < -0.4 is 11.1 Å². The van der Waals surface area contributed by atoms with E-state index in [1.54, 1.807) is 67.3 Å². The Kier molecular flexibility index (Phi) is 10.3. The van der Waals surface area contributed by atoms with Gasteiger partial charge in [0.25, 0.3) is 0 Å². The van der Waals surface area contributed by atoms with E-state index in [4.69, 9.17) is 22.1 Å². The number of urea groups is 1. The number of benzene rings is 3. The van der Waals surface area contributed by atoms with Crippen LogP contribution in [0.2, 0.25) is 5.02 Å². The lowest BCUT2D eigenvalue weighted by Crippen LogP contribution is -2.62. The van der Waals surface area contributed by atoms with Crippen LogP contribution in [0.4, 0.5) is 10.5 Å². The van der Waals surface area contributed by atoms with Gasteiger partial charge in [0.2, 0.25) is 5.91 Å². The molecule has 43 heavy (non-hydrogen) atoms. The van der Waals surface area contributed by atoms with Crippen LogP contribution >= 0.6 is 11.6 Å². The fraction of sp³-hybridized carbons (Fsp3) is 0.364. The number of halogens is 1. The molecular weight excluding hydrogens is 568 g/mol. The van der Waals surface area contributed by atoms with Crippen molar-refractivity contribution in [3.8, 4) is 5.75 Å². The van der Waals surface area contributed by atoms with Crippen LogP contribution in [0.1, 0.15) is 48.2 Å². The highest BCUT2D eigenvalue weighted by Gasteiger charge is 2.41. The van der Waals surface area contributed by atoms with E-state index in [2.05, 4.69) is 12.4 Å². The van der Waals surface area contributed by atoms with Crippen molar-refractivity contribution in [3.05, 3.63) is 94.5 Å². The van der Waals surface area contributed by atoms with E-state index in [1.807, 2.05) is 24.3 Å². The molecule has 228 valence electrons. The Labute approximate surface area is 257 Å². The minimum absolute atomic E-state index is 0.109. The Morgan fingerprint density at radius 3 is 2.26 bits per heavy atom. The Bertz CT molecular complexity index is 1410. The zero-order valence-corrected chi connectivity index (χ0v) is 25.6. The van der Waals surface area contributed by atoms with Gasteiger partial charge in [-0.15, -0.1) is 0 Å². The number of quaternary nitrogens is 1. The van der Waals surface area contributed by atoms with Crippen molar-refractivity contribution >= 4 is 35.2 Å². The Morgan fingerprint density at radius 2 is 1.65 bits per heavy atom. The molecule has 3 aromatic rings. The van der Waals surface area contributed by atoms with E-state index >= 15 is 0 Å². The molecule has 3 atom stereocenters. The van der Waals surface area contributed by atoms with Crippen LogP contribution in [0.5, 0.6) is 5.75 Å². The quantitative estimate of drug-likeness (QED) is 0.212. The molecule has 0 aromatic heterocycles. The lowest BCUT2D eigenvalue weighted by Gasteiger charge is -2.46. The predicted molar refractivity (Wildman–Crippen MR) is 167 cm³/mol. The van der Waals surface area contributed by atoms with E-state index in [0.29, 0.717) is 33.7 Å². The highest BCUT2D eigenvalue weighted by Crippen LogP contribution is 2.28. The van der Waals surface area contributed by atoms with Gasteiger partial charge in [0, 0.05) is 22.7 Å². The molecule has 1 aliphatic rings. The van der Waals surface area contributed by atoms with E-state index < -0.39 is 23.9 Å². The molecule has 0 spiro atoms. The normalized spacial score (nSPS) is 19.0. The number of nitrogens with one attached hydrogen (secondary N) is 1. The maximum Gasteiger partial charge on any atom is 0.338 e. The molecule has 1 aliphatic heterocycles. The summed E-state index contributed by atoms with van der Waals surface area (Å²) < 4.78 is 5.93. The molecule has 10 heteroatoms. The van der Waals surface area contributed by atoms with Crippen molar-refractivity contribution in [3.63, 3.8) is 0 Å². The van der Waals surface area contributed by atoms with Crippen LogP contribution in [0.3, 0.4) is 0 Å². The molecule has 3 aromatic carbocycles. The molecule has 0 bridgehead atoms. The number of nitrogens with two attached hydrogens (primary N) is 1. The minimum atomic E-state index is -0.933. The Hall–Kier alpha value is -4.08. The van der Waals surface area contributed by atoms with Crippen LogP contribution in [-0.2, 0) is 22.5 Å². The van der Waals surface area contributed by atoms with Crippen molar-refractivity contribution in [2.24, 2.45) is 5.73 Å². The van der Waals surface area contributed by atoms with Gasteiger partial charge in [-0.25, -0.2) is 9.59 Å². The van der Waals surface area contributed by atoms with Gasteiger partial charge in [0.15, 0.2) is 0 Å². The van der Waals surface area contributed by atoms with Crippen molar-refractivity contribution in [1.29, 1.82) is 0 Å². The smallest absolute Gasteiger partial charge is 0.338 e. The number of primary amides is 1. The summed E-state index contributed by atoms with van der Waals surface area (Å²) in [6, 6.07) is 19.1. The maximum absolute atomic E-state index is 14.0. The summed E-state index contributed by atoms with van der Waals surface area (Å²) in [5.74, 6) is -0.957. The summed E-state index contributed by atoms with van der Waals surface area (Å²) >= 11 is 6.10. The lowest BCUT2D eigenvalue weighted by atomic mass is 9.96. The lowest BCUT2D eigenvalue weighted by molar-refractivity contribution is -0.928. The fourth-order valence-corrected chi connectivity index (χ4v) is 5.84. The topological polar surface area (TPSA) is 122 Å². The molecule has 4 N–H and O–H groups in total. The van der Waals surface area contributed by atoms with Crippen molar-refractivity contribution < 1.29 is 28.7 Å². The number of carbonyl (C=O) groups is 3. The number of rotatable bonds is 10. The summed E-state index contributed by atoms with van der Waals surface area (Å²) in [6.45, 7) is 5.84. The number of anilines is 1. The predicted octanol–water partition coefficient (Wildman–Crippen LogP) is 5.35. The third-order valence-corrected chi connectivity index (χ3v) is 7.99. The van der Waals surface area contributed by atoms with Gasteiger partial charge in [-0.05, 0) is 80.8 Å². The molecule has 1 saturated heterocycles. The van der Waals surface area contributed by atoms with E-state index in [1.165, 1.54) is 0 Å². The molecule has 3 amide bonds. The molecular formula is C33H40ClN4O5+. The van der Waals surface area contributed by atoms with Crippen molar-refractivity contribution in [2.75, 3.05) is 25.5 Å². The first kappa shape index (κ1) is 31.8. The monoisotopic (exact) mass is 607 g/mol. The number of phenolic OH excluding ortho intramolecular Hbond substituents is 1. The molecule has 1 fully saturated rings. The number of likely N-dealkylation sites (tertiary alicyclic amines) is 1. The van der Waals surface area contributed by atoms with Gasteiger partial charge in [-0.1, -0.05) is 35.9 Å². The van der Waals surface area contributed by atoms with Gasteiger partial charge in [-0.2, -0.15) is 0 Å². The number of esters is 1. The summed E-state index contributed by atoms with van der Waals surface area (Å²) in [5, 5.41) is 13.4. The van der Waals surface area contributed by atoms with Gasteiger partial charge in [0.1, 0.15) is 18.3 Å². The number of nitrogens with zero attached hydrogens (tertiary/aromatic N) is 2. The Balaban J connectivity index is 1.61. The highest BCUT2D eigenvalue weighted by atomic mass is 35.5. The average molecular weight is 608 g/mol. The first-order valence-corrected chi connectivity index (χ1v) is 14.9. The molecule has 1 heterocycles. The van der Waals surface area contributed by atoms with E-state index in [9.17, 15) is 19.5 Å². The molecule has 0 radical (unpaired) electrons. The number of ether oxygens (including phenoxy) is 1. The van der Waals surface area contributed by atoms with Crippen LogP contribution in [0, 0.1) is 0 Å². The van der Waals surface area contributed by atoms with Gasteiger partial charge in [-0.3, -0.25) is 4.79 Å². The zero-order valence-electron chi connectivity index (χ0n) is 24.8.